The molecule has 2 aromatic carbocycles. The van der Waals surface area contributed by atoms with E-state index in [0.717, 1.165) is 49.9 Å². The predicted molar refractivity (Wildman–Crippen MR) is 125 cm³/mol. The fraction of sp³-hybridized carbons (Fsp3) is 0.385. The smallest absolute Gasteiger partial charge is 0.132 e. The van der Waals surface area contributed by atoms with E-state index in [0.29, 0.717) is 12.0 Å². The van der Waals surface area contributed by atoms with Crippen molar-refractivity contribution in [1.82, 2.24) is 14.9 Å². The molecule has 0 amide bonds. The van der Waals surface area contributed by atoms with Gasteiger partial charge in [0.15, 0.2) is 0 Å². The molecule has 3 heterocycles. The first-order valence-electron chi connectivity index (χ1n) is 11.6. The minimum atomic E-state index is -0.0931. The number of fused-ring (bicyclic) bond motifs is 2. The largest absolute Gasteiger partial charge is 0.368 e. The van der Waals surface area contributed by atoms with Crippen molar-refractivity contribution >= 4 is 27.5 Å². The van der Waals surface area contributed by atoms with Crippen LogP contribution in [0.15, 0.2) is 54.9 Å². The van der Waals surface area contributed by atoms with E-state index in [1.165, 1.54) is 35.0 Å². The molecule has 31 heavy (non-hydrogen) atoms. The number of nitrogens with zero attached hydrogens (tertiary/aromatic N) is 2. The second-order valence-corrected chi connectivity index (χ2v) is 9.15. The molecule has 1 aliphatic carbocycles. The Labute approximate surface area is 182 Å². The molecule has 0 unspecified atom stereocenters. The van der Waals surface area contributed by atoms with Crippen LogP contribution in [-0.2, 0) is 0 Å². The highest BCUT2D eigenvalue weighted by Crippen LogP contribution is 2.39. The molecule has 1 aliphatic heterocycles. The standard InChI is InChI=1S/C26H29FN4/c27-22-3-1-5-24-26(22)21(17-29-24)18-7-9-19(10-8-18)30-13-15-31(16-14-30)25-6-2-4-23-20(25)11-12-28-23/h1-6,11-12,17-19,28-29H,7-10,13-16H2/t18-,19-. The van der Waals surface area contributed by atoms with Crippen molar-refractivity contribution in [2.75, 3.05) is 31.1 Å². The highest BCUT2D eigenvalue weighted by Gasteiger charge is 2.30. The zero-order valence-electron chi connectivity index (χ0n) is 17.8. The highest BCUT2D eigenvalue weighted by atomic mass is 19.1. The second-order valence-electron chi connectivity index (χ2n) is 9.15. The van der Waals surface area contributed by atoms with E-state index >= 15 is 0 Å². The summed E-state index contributed by atoms with van der Waals surface area (Å²) in [4.78, 5) is 11.8. The third-order valence-corrected chi connectivity index (χ3v) is 7.57. The molecule has 0 radical (unpaired) electrons. The number of aromatic nitrogens is 2. The van der Waals surface area contributed by atoms with Gasteiger partial charge >= 0.3 is 0 Å². The summed E-state index contributed by atoms with van der Waals surface area (Å²) in [5, 5.41) is 2.13. The van der Waals surface area contributed by atoms with Crippen LogP contribution in [0.25, 0.3) is 21.8 Å². The van der Waals surface area contributed by atoms with Crippen molar-refractivity contribution < 1.29 is 4.39 Å². The molecule has 0 atom stereocenters. The lowest BCUT2D eigenvalue weighted by Gasteiger charge is -2.42. The number of piperazine rings is 1. The summed E-state index contributed by atoms with van der Waals surface area (Å²) in [6.07, 6.45) is 8.78. The Morgan fingerprint density at radius 2 is 1.58 bits per heavy atom. The Kier molecular flexibility index (Phi) is 4.72. The fourth-order valence-electron chi connectivity index (χ4n) is 5.91. The maximum Gasteiger partial charge on any atom is 0.132 e. The van der Waals surface area contributed by atoms with Crippen molar-refractivity contribution in [1.29, 1.82) is 0 Å². The Balaban J connectivity index is 1.10. The monoisotopic (exact) mass is 416 g/mol. The summed E-state index contributed by atoms with van der Waals surface area (Å²) in [6.45, 7) is 4.41. The van der Waals surface area contributed by atoms with Gasteiger partial charge in [-0.15, -0.1) is 0 Å². The molecule has 6 rings (SSSR count). The number of rotatable bonds is 3. The minimum absolute atomic E-state index is 0.0931. The first kappa shape index (κ1) is 18.9. The van der Waals surface area contributed by atoms with Gasteiger partial charge in [0.05, 0.1) is 0 Å². The molecule has 4 nitrogen and oxygen atoms in total. The summed E-state index contributed by atoms with van der Waals surface area (Å²) in [5.74, 6) is 0.374. The predicted octanol–water partition coefficient (Wildman–Crippen LogP) is 5.64. The summed E-state index contributed by atoms with van der Waals surface area (Å²) in [7, 11) is 0. The lowest BCUT2D eigenvalue weighted by molar-refractivity contribution is 0.141. The number of benzene rings is 2. The van der Waals surface area contributed by atoms with Crippen LogP contribution in [0.5, 0.6) is 0 Å². The van der Waals surface area contributed by atoms with Gasteiger partial charge in [-0.3, -0.25) is 4.90 Å². The SMILES string of the molecule is Fc1cccc2[nH]cc([C@H]3CC[C@H](N4CCN(c5cccc6[nH]ccc56)CC4)CC3)c12. The molecular weight excluding hydrogens is 387 g/mol. The van der Waals surface area contributed by atoms with E-state index < -0.39 is 0 Å². The van der Waals surface area contributed by atoms with Crippen LogP contribution in [0.3, 0.4) is 0 Å². The van der Waals surface area contributed by atoms with Crippen molar-refractivity contribution in [2.45, 2.75) is 37.6 Å². The molecule has 160 valence electrons. The van der Waals surface area contributed by atoms with Crippen molar-refractivity contribution in [2.24, 2.45) is 0 Å². The van der Waals surface area contributed by atoms with E-state index in [1.807, 2.05) is 18.5 Å². The van der Waals surface area contributed by atoms with Gasteiger partial charge in [-0.05, 0) is 67.5 Å². The van der Waals surface area contributed by atoms with Crippen molar-refractivity contribution in [3.63, 3.8) is 0 Å². The van der Waals surface area contributed by atoms with Crippen LogP contribution in [0.4, 0.5) is 10.1 Å². The van der Waals surface area contributed by atoms with E-state index in [4.69, 9.17) is 0 Å². The average Bonchev–Trinajstić information content (AvgIpc) is 3.47. The number of hydrogen-bond acceptors (Lipinski definition) is 2. The first-order chi connectivity index (χ1) is 15.3. The molecule has 4 aromatic rings. The number of nitrogens with one attached hydrogen (secondary N) is 2. The van der Waals surface area contributed by atoms with Gasteiger partial charge in [-0.2, -0.15) is 0 Å². The summed E-state index contributed by atoms with van der Waals surface area (Å²) >= 11 is 0. The van der Waals surface area contributed by atoms with E-state index in [1.54, 1.807) is 12.1 Å². The topological polar surface area (TPSA) is 38.1 Å². The molecule has 1 saturated heterocycles. The minimum Gasteiger partial charge on any atom is -0.368 e. The second kappa shape index (κ2) is 7.72. The van der Waals surface area contributed by atoms with Gasteiger partial charge in [0, 0.05) is 72.1 Å². The van der Waals surface area contributed by atoms with E-state index in [2.05, 4.69) is 44.0 Å². The van der Waals surface area contributed by atoms with Crippen molar-refractivity contribution in [3.05, 3.63) is 66.2 Å². The van der Waals surface area contributed by atoms with Crippen LogP contribution < -0.4 is 4.90 Å². The van der Waals surface area contributed by atoms with Crippen molar-refractivity contribution in [3.8, 4) is 0 Å². The summed E-state index contributed by atoms with van der Waals surface area (Å²) in [5.41, 5.74) is 4.66. The highest BCUT2D eigenvalue weighted by molar-refractivity contribution is 5.92. The number of halogens is 1. The van der Waals surface area contributed by atoms with E-state index in [-0.39, 0.29) is 5.82 Å². The van der Waals surface area contributed by atoms with Gasteiger partial charge < -0.3 is 14.9 Å². The first-order valence-corrected chi connectivity index (χ1v) is 11.6. The number of aromatic amines is 2. The van der Waals surface area contributed by atoms with Crippen LogP contribution in [-0.4, -0.2) is 47.1 Å². The molecule has 1 saturated carbocycles. The maximum absolute atomic E-state index is 14.4. The van der Waals surface area contributed by atoms with Crippen LogP contribution in [0.1, 0.15) is 37.2 Å². The van der Waals surface area contributed by atoms with Gasteiger partial charge in [-0.25, -0.2) is 4.39 Å². The Bertz CT molecular complexity index is 1190. The van der Waals surface area contributed by atoms with Crippen LogP contribution in [0, 0.1) is 5.82 Å². The lowest BCUT2D eigenvalue weighted by Crippen LogP contribution is -2.51. The normalized spacial score (nSPS) is 23.1. The fourth-order valence-corrected chi connectivity index (χ4v) is 5.91. The third kappa shape index (κ3) is 3.32. The summed E-state index contributed by atoms with van der Waals surface area (Å²) < 4.78 is 14.4. The number of hydrogen-bond donors (Lipinski definition) is 2. The molecule has 2 N–H and O–H groups in total. The molecular formula is C26H29FN4. The molecule has 0 bridgehead atoms. The number of anilines is 1. The number of H-pyrrole nitrogens is 2. The van der Waals surface area contributed by atoms with Gasteiger partial charge in [-0.1, -0.05) is 12.1 Å². The van der Waals surface area contributed by atoms with Gasteiger partial charge in [0.2, 0.25) is 0 Å². The molecule has 2 aromatic heterocycles. The third-order valence-electron chi connectivity index (χ3n) is 7.57. The van der Waals surface area contributed by atoms with E-state index in [9.17, 15) is 4.39 Å². The van der Waals surface area contributed by atoms with Gasteiger partial charge in [0.1, 0.15) is 5.82 Å². The van der Waals surface area contributed by atoms with Crippen LogP contribution in [0.2, 0.25) is 0 Å². The average molecular weight is 417 g/mol. The maximum atomic E-state index is 14.4. The zero-order chi connectivity index (χ0) is 20.8. The Hall–Kier alpha value is -2.79. The molecule has 0 spiro atoms. The van der Waals surface area contributed by atoms with Crippen LogP contribution >= 0.6 is 0 Å². The lowest BCUT2D eigenvalue weighted by atomic mass is 9.81. The Morgan fingerprint density at radius 1 is 0.806 bits per heavy atom. The molecule has 2 fully saturated rings. The molecule has 2 aliphatic rings. The quantitative estimate of drug-likeness (QED) is 0.454. The van der Waals surface area contributed by atoms with Gasteiger partial charge in [0.25, 0.3) is 0 Å². The Morgan fingerprint density at radius 3 is 2.42 bits per heavy atom. The zero-order valence-corrected chi connectivity index (χ0v) is 17.8. The molecule has 5 heteroatoms. The summed E-state index contributed by atoms with van der Waals surface area (Å²) in [6, 6.07) is 14.7.